The highest BCUT2D eigenvalue weighted by molar-refractivity contribution is 5.50. The second kappa shape index (κ2) is 8.91. The van der Waals surface area contributed by atoms with Crippen LogP contribution in [0, 0.1) is 6.92 Å². The number of benzene rings is 1. The second-order valence-electron chi connectivity index (χ2n) is 4.26. The van der Waals surface area contributed by atoms with E-state index >= 15 is 0 Å². The van der Waals surface area contributed by atoms with Gasteiger partial charge in [-0.3, -0.25) is 0 Å². The summed E-state index contributed by atoms with van der Waals surface area (Å²) in [5, 5.41) is 6.75. The van der Waals surface area contributed by atoms with Gasteiger partial charge in [-0.25, -0.2) is 0 Å². The molecule has 1 rings (SSSR count). The molecule has 1 atom stereocenters. The molecule has 0 aliphatic heterocycles. The normalized spacial score (nSPS) is 12.4. The van der Waals surface area contributed by atoms with Gasteiger partial charge in [0.15, 0.2) is 0 Å². The van der Waals surface area contributed by atoms with E-state index in [0.717, 1.165) is 19.6 Å². The van der Waals surface area contributed by atoms with Crippen LogP contribution >= 0.6 is 0 Å². The van der Waals surface area contributed by atoms with E-state index in [2.05, 4.69) is 29.7 Å². The minimum atomic E-state index is 0.119. The van der Waals surface area contributed by atoms with Gasteiger partial charge in [-0.1, -0.05) is 18.2 Å². The zero-order valence-electron chi connectivity index (χ0n) is 11.5. The molecule has 0 heterocycles. The van der Waals surface area contributed by atoms with Crippen LogP contribution in [0.5, 0.6) is 0 Å². The lowest BCUT2D eigenvalue weighted by Gasteiger charge is -2.15. The fourth-order valence-corrected chi connectivity index (χ4v) is 1.72. The monoisotopic (exact) mass is 252 g/mol. The van der Waals surface area contributed by atoms with Crippen LogP contribution in [0.4, 0.5) is 5.69 Å². The van der Waals surface area contributed by atoms with E-state index in [9.17, 15) is 0 Å². The summed E-state index contributed by atoms with van der Waals surface area (Å²) in [4.78, 5) is 0. The van der Waals surface area contributed by atoms with Crippen LogP contribution in [0.25, 0.3) is 0 Å². The van der Waals surface area contributed by atoms with E-state index in [0.29, 0.717) is 6.61 Å². The van der Waals surface area contributed by atoms with E-state index in [4.69, 9.17) is 9.47 Å². The molecular weight excluding hydrogens is 228 g/mol. The first-order chi connectivity index (χ1) is 8.77. The van der Waals surface area contributed by atoms with Crippen LogP contribution in [0.1, 0.15) is 5.56 Å². The van der Waals surface area contributed by atoms with Crippen molar-refractivity contribution in [2.75, 3.05) is 45.8 Å². The summed E-state index contributed by atoms with van der Waals surface area (Å²) in [6.45, 7) is 5.33. The van der Waals surface area contributed by atoms with Crippen molar-refractivity contribution >= 4 is 5.69 Å². The Balaban J connectivity index is 2.13. The molecule has 0 radical (unpaired) electrons. The zero-order chi connectivity index (χ0) is 13.2. The molecule has 0 saturated carbocycles. The Morgan fingerprint density at radius 2 is 1.94 bits per heavy atom. The zero-order valence-corrected chi connectivity index (χ0v) is 11.5. The standard InChI is InChI=1S/C14H24N2O2/c1-12-6-4-5-7-14(12)16-9-8-15-10-13(18-3)11-17-2/h4-7,13,15-16H,8-11H2,1-3H3. The third-order valence-electron chi connectivity index (χ3n) is 2.82. The number of ether oxygens (including phenoxy) is 2. The van der Waals surface area contributed by atoms with Gasteiger partial charge in [0, 0.05) is 39.5 Å². The molecule has 4 nitrogen and oxygen atoms in total. The number of rotatable bonds is 9. The summed E-state index contributed by atoms with van der Waals surface area (Å²) in [5.74, 6) is 0. The number of anilines is 1. The molecule has 0 aliphatic carbocycles. The first-order valence-electron chi connectivity index (χ1n) is 6.30. The lowest BCUT2D eigenvalue weighted by Crippen LogP contribution is -2.34. The van der Waals surface area contributed by atoms with Crippen molar-refractivity contribution in [1.29, 1.82) is 0 Å². The van der Waals surface area contributed by atoms with Crippen LogP contribution < -0.4 is 10.6 Å². The van der Waals surface area contributed by atoms with Gasteiger partial charge in [0.1, 0.15) is 0 Å². The van der Waals surface area contributed by atoms with E-state index in [1.54, 1.807) is 14.2 Å². The highest BCUT2D eigenvalue weighted by Gasteiger charge is 2.05. The lowest BCUT2D eigenvalue weighted by atomic mass is 10.2. The first-order valence-corrected chi connectivity index (χ1v) is 6.30. The Bertz CT molecular complexity index is 331. The Kier molecular flexibility index (Phi) is 7.41. The molecule has 102 valence electrons. The van der Waals surface area contributed by atoms with E-state index < -0.39 is 0 Å². The average molecular weight is 252 g/mol. The van der Waals surface area contributed by atoms with Crippen molar-refractivity contribution in [3.05, 3.63) is 29.8 Å². The molecule has 2 N–H and O–H groups in total. The first kappa shape index (κ1) is 15.0. The molecule has 0 spiro atoms. The van der Waals surface area contributed by atoms with Gasteiger partial charge in [-0.05, 0) is 18.6 Å². The Labute approximate surface area is 110 Å². The number of hydrogen-bond acceptors (Lipinski definition) is 4. The topological polar surface area (TPSA) is 42.5 Å². The van der Waals surface area contributed by atoms with Gasteiger partial charge in [0.05, 0.1) is 12.7 Å². The quantitative estimate of drug-likeness (QED) is 0.656. The molecule has 4 heteroatoms. The number of aryl methyl sites for hydroxylation is 1. The van der Waals surface area contributed by atoms with Crippen LogP contribution in [0.15, 0.2) is 24.3 Å². The summed E-state index contributed by atoms with van der Waals surface area (Å²) in [6, 6.07) is 8.29. The summed E-state index contributed by atoms with van der Waals surface area (Å²) in [6.07, 6.45) is 0.119. The van der Waals surface area contributed by atoms with Crippen molar-refractivity contribution in [2.24, 2.45) is 0 Å². The molecule has 18 heavy (non-hydrogen) atoms. The van der Waals surface area contributed by atoms with Crippen LogP contribution in [-0.4, -0.2) is 46.6 Å². The molecule has 0 fully saturated rings. The smallest absolute Gasteiger partial charge is 0.0928 e. The van der Waals surface area contributed by atoms with Gasteiger partial charge in [0.2, 0.25) is 0 Å². The maximum atomic E-state index is 5.27. The fraction of sp³-hybridized carbons (Fsp3) is 0.571. The minimum absolute atomic E-state index is 0.119. The molecular formula is C14H24N2O2. The summed E-state index contributed by atoms with van der Waals surface area (Å²) < 4.78 is 10.3. The predicted molar refractivity (Wildman–Crippen MR) is 75.2 cm³/mol. The molecule has 1 aromatic carbocycles. The highest BCUT2D eigenvalue weighted by Crippen LogP contribution is 2.11. The van der Waals surface area contributed by atoms with Gasteiger partial charge in [0.25, 0.3) is 0 Å². The number of nitrogens with one attached hydrogen (secondary N) is 2. The number of methoxy groups -OCH3 is 2. The molecule has 0 bridgehead atoms. The van der Waals surface area contributed by atoms with Crippen molar-refractivity contribution < 1.29 is 9.47 Å². The lowest BCUT2D eigenvalue weighted by molar-refractivity contribution is 0.0292. The van der Waals surface area contributed by atoms with E-state index in [-0.39, 0.29) is 6.10 Å². The second-order valence-corrected chi connectivity index (χ2v) is 4.26. The Morgan fingerprint density at radius 1 is 1.17 bits per heavy atom. The largest absolute Gasteiger partial charge is 0.384 e. The van der Waals surface area contributed by atoms with Crippen molar-refractivity contribution in [1.82, 2.24) is 5.32 Å². The van der Waals surface area contributed by atoms with Gasteiger partial charge in [-0.2, -0.15) is 0 Å². The summed E-state index contributed by atoms with van der Waals surface area (Å²) in [7, 11) is 3.39. The number of para-hydroxylation sites is 1. The summed E-state index contributed by atoms with van der Waals surface area (Å²) in [5.41, 5.74) is 2.46. The van der Waals surface area contributed by atoms with E-state index in [1.165, 1.54) is 11.3 Å². The van der Waals surface area contributed by atoms with Crippen molar-refractivity contribution in [3.8, 4) is 0 Å². The maximum Gasteiger partial charge on any atom is 0.0928 e. The van der Waals surface area contributed by atoms with E-state index in [1.807, 2.05) is 12.1 Å². The van der Waals surface area contributed by atoms with Gasteiger partial charge >= 0.3 is 0 Å². The molecule has 0 aromatic heterocycles. The molecule has 0 amide bonds. The molecule has 0 aliphatic rings. The Morgan fingerprint density at radius 3 is 2.61 bits per heavy atom. The van der Waals surface area contributed by atoms with Crippen molar-refractivity contribution in [3.63, 3.8) is 0 Å². The third-order valence-corrected chi connectivity index (χ3v) is 2.82. The SMILES string of the molecule is COCC(CNCCNc1ccccc1C)OC. The fourth-order valence-electron chi connectivity index (χ4n) is 1.72. The van der Waals surface area contributed by atoms with Gasteiger partial charge in [-0.15, -0.1) is 0 Å². The van der Waals surface area contributed by atoms with Crippen LogP contribution in [0.3, 0.4) is 0 Å². The van der Waals surface area contributed by atoms with Crippen LogP contribution in [0.2, 0.25) is 0 Å². The highest BCUT2D eigenvalue weighted by atomic mass is 16.5. The maximum absolute atomic E-state index is 5.27. The third kappa shape index (κ3) is 5.49. The van der Waals surface area contributed by atoms with Crippen molar-refractivity contribution in [2.45, 2.75) is 13.0 Å². The summed E-state index contributed by atoms with van der Waals surface area (Å²) >= 11 is 0. The molecule has 0 saturated heterocycles. The minimum Gasteiger partial charge on any atom is -0.384 e. The molecule has 1 aromatic rings. The Hall–Kier alpha value is -1.10. The predicted octanol–water partition coefficient (Wildman–Crippen LogP) is 1.66. The van der Waals surface area contributed by atoms with Gasteiger partial charge < -0.3 is 20.1 Å². The number of hydrogen-bond donors (Lipinski definition) is 2. The van der Waals surface area contributed by atoms with Crippen LogP contribution in [-0.2, 0) is 9.47 Å². The average Bonchev–Trinajstić information content (AvgIpc) is 2.39. The molecule has 1 unspecified atom stereocenters.